The highest BCUT2D eigenvalue weighted by Gasteiger charge is 2.19. The summed E-state index contributed by atoms with van der Waals surface area (Å²) >= 11 is 5.01. The summed E-state index contributed by atoms with van der Waals surface area (Å²) < 4.78 is 2.91. The van der Waals surface area contributed by atoms with Gasteiger partial charge in [0.2, 0.25) is 0 Å². The van der Waals surface area contributed by atoms with Crippen LogP contribution in [0.3, 0.4) is 0 Å². The molecule has 0 saturated carbocycles. The van der Waals surface area contributed by atoms with Crippen molar-refractivity contribution in [2.45, 2.75) is 13.8 Å². The Labute approximate surface area is 132 Å². The van der Waals surface area contributed by atoms with Gasteiger partial charge in [-0.05, 0) is 44.3 Å². The second-order valence-electron chi connectivity index (χ2n) is 5.01. The highest BCUT2D eigenvalue weighted by molar-refractivity contribution is 7.80. The lowest BCUT2D eigenvalue weighted by Gasteiger charge is -2.02. The molecule has 6 nitrogen and oxygen atoms in total. The average Bonchev–Trinajstić information content (AvgIpc) is 3.00. The second kappa shape index (κ2) is 5.27. The van der Waals surface area contributed by atoms with Crippen LogP contribution in [0.2, 0.25) is 0 Å². The van der Waals surface area contributed by atoms with Crippen LogP contribution in [0.15, 0.2) is 41.2 Å². The Bertz CT molecular complexity index is 904. The van der Waals surface area contributed by atoms with Crippen molar-refractivity contribution in [3.63, 3.8) is 0 Å². The standard InChI is InChI=1S/C15H15N5OS/c1-9-8-12(20(17-9)15(16)22)13-10(2)18-19(14(13)21)11-6-4-3-5-7-11/h3-8,18H,1-2H3,(H2,16,22). The van der Waals surface area contributed by atoms with Crippen LogP contribution in [0.1, 0.15) is 11.4 Å². The Kier molecular flexibility index (Phi) is 3.42. The molecular weight excluding hydrogens is 298 g/mol. The lowest BCUT2D eigenvalue weighted by Crippen LogP contribution is -2.23. The summed E-state index contributed by atoms with van der Waals surface area (Å²) in [6.07, 6.45) is 0. The van der Waals surface area contributed by atoms with Gasteiger partial charge in [0, 0.05) is 5.69 Å². The van der Waals surface area contributed by atoms with E-state index in [0.29, 0.717) is 11.3 Å². The molecule has 0 aliphatic carbocycles. The number of nitrogens with one attached hydrogen (secondary N) is 1. The van der Waals surface area contributed by atoms with Gasteiger partial charge in [0.05, 0.1) is 22.6 Å². The van der Waals surface area contributed by atoms with E-state index in [0.717, 1.165) is 17.1 Å². The molecule has 3 N–H and O–H groups in total. The minimum atomic E-state index is -0.166. The van der Waals surface area contributed by atoms with Gasteiger partial charge in [0.15, 0.2) is 5.11 Å². The van der Waals surface area contributed by atoms with Crippen molar-refractivity contribution in [3.05, 3.63) is 58.1 Å². The number of aryl methyl sites for hydroxylation is 2. The van der Waals surface area contributed by atoms with E-state index in [-0.39, 0.29) is 10.7 Å². The summed E-state index contributed by atoms with van der Waals surface area (Å²) in [5.74, 6) is 0. The maximum atomic E-state index is 12.8. The molecule has 0 aliphatic heterocycles. The number of nitrogens with zero attached hydrogens (tertiary/aromatic N) is 3. The number of aromatic amines is 1. The summed E-state index contributed by atoms with van der Waals surface area (Å²) in [5.41, 5.74) is 8.87. The fraction of sp³-hybridized carbons (Fsp3) is 0.133. The molecule has 112 valence electrons. The molecular formula is C15H15N5OS. The first-order valence-electron chi connectivity index (χ1n) is 6.73. The van der Waals surface area contributed by atoms with Gasteiger partial charge in [0.25, 0.3) is 5.56 Å². The molecule has 0 fully saturated rings. The Balaban J connectivity index is 2.24. The summed E-state index contributed by atoms with van der Waals surface area (Å²) in [6, 6.07) is 11.2. The maximum absolute atomic E-state index is 12.8. The summed E-state index contributed by atoms with van der Waals surface area (Å²) in [7, 11) is 0. The maximum Gasteiger partial charge on any atom is 0.280 e. The van der Waals surface area contributed by atoms with Crippen LogP contribution >= 0.6 is 12.2 Å². The lowest BCUT2D eigenvalue weighted by molar-refractivity contribution is 0.835. The number of hydrogen-bond donors (Lipinski definition) is 2. The van der Waals surface area contributed by atoms with Crippen molar-refractivity contribution in [1.82, 2.24) is 19.6 Å². The molecule has 0 spiro atoms. The van der Waals surface area contributed by atoms with Crippen molar-refractivity contribution < 1.29 is 0 Å². The third-order valence-corrected chi connectivity index (χ3v) is 3.56. The molecule has 3 rings (SSSR count). The Morgan fingerprint density at radius 1 is 1.27 bits per heavy atom. The molecule has 7 heteroatoms. The van der Waals surface area contributed by atoms with Crippen molar-refractivity contribution in [2.24, 2.45) is 5.73 Å². The molecule has 22 heavy (non-hydrogen) atoms. The lowest BCUT2D eigenvalue weighted by atomic mass is 10.2. The number of benzene rings is 1. The third kappa shape index (κ3) is 2.25. The summed E-state index contributed by atoms with van der Waals surface area (Å²) in [5, 5.41) is 7.43. The van der Waals surface area contributed by atoms with Crippen LogP contribution in [0.5, 0.6) is 0 Å². The molecule has 0 aliphatic rings. The second-order valence-corrected chi connectivity index (χ2v) is 5.43. The van der Waals surface area contributed by atoms with Gasteiger partial charge >= 0.3 is 0 Å². The molecule has 0 bridgehead atoms. The predicted octanol–water partition coefficient (Wildman–Crippen LogP) is 1.74. The Hall–Kier alpha value is -2.67. The highest BCUT2D eigenvalue weighted by atomic mass is 32.1. The SMILES string of the molecule is Cc1cc(-c2c(C)[nH]n(-c3ccccc3)c2=O)n(C(N)=S)n1. The fourth-order valence-electron chi connectivity index (χ4n) is 2.45. The zero-order chi connectivity index (χ0) is 15.9. The molecule has 2 heterocycles. The van der Waals surface area contributed by atoms with E-state index in [1.165, 1.54) is 9.36 Å². The van der Waals surface area contributed by atoms with Crippen molar-refractivity contribution >= 4 is 17.3 Å². The van der Waals surface area contributed by atoms with Crippen molar-refractivity contribution in [2.75, 3.05) is 0 Å². The monoisotopic (exact) mass is 313 g/mol. The number of rotatable bonds is 2. The van der Waals surface area contributed by atoms with Crippen molar-refractivity contribution in [3.8, 4) is 16.9 Å². The number of hydrogen-bond acceptors (Lipinski definition) is 3. The van der Waals surface area contributed by atoms with Gasteiger partial charge in [-0.2, -0.15) is 5.10 Å². The van der Waals surface area contributed by atoms with Crippen LogP contribution in [0.25, 0.3) is 16.9 Å². The highest BCUT2D eigenvalue weighted by Crippen LogP contribution is 2.20. The normalized spacial score (nSPS) is 10.8. The zero-order valence-corrected chi connectivity index (χ0v) is 13.0. The molecule has 2 aromatic heterocycles. The van der Waals surface area contributed by atoms with Gasteiger partial charge in [-0.25, -0.2) is 9.36 Å². The van der Waals surface area contributed by atoms with Crippen LogP contribution in [0, 0.1) is 13.8 Å². The zero-order valence-electron chi connectivity index (χ0n) is 12.2. The first-order valence-corrected chi connectivity index (χ1v) is 7.13. The van der Waals surface area contributed by atoms with Crippen molar-refractivity contribution in [1.29, 1.82) is 0 Å². The van der Waals surface area contributed by atoms with E-state index in [1.54, 1.807) is 6.07 Å². The number of para-hydroxylation sites is 1. The number of thiocarbonyl (C=S) groups is 1. The molecule has 0 amide bonds. The average molecular weight is 313 g/mol. The van der Waals surface area contributed by atoms with E-state index in [9.17, 15) is 4.79 Å². The van der Waals surface area contributed by atoms with Crippen LogP contribution in [-0.2, 0) is 0 Å². The van der Waals surface area contributed by atoms with Crippen LogP contribution in [-0.4, -0.2) is 24.7 Å². The molecule has 0 atom stereocenters. The van der Waals surface area contributed by atoms with Gasteiger partial charge in [-0.1, -0.05) is 18.2 Å². The molecule has 3 aromatic rings. The third-order valence-electron chi connectivity index (χ3n) is 3.38. The quantitative estimate of drug-likeness (QED) is 0.706. The number of nitrogens with two attached hydrogens (primary N) is 1. The Morgan fingerprint density at radius 2 is 1.95 bits per heavy atom. The predicted molar refractivity (Wildman–Crippen MR) is 89.3 cm³/mol. The van der Waals surface area contributed by atoms with Gasteiger partial charge in [-0.3, -0.25) is 9.89 Å². The van der Waals surface area contributed by atoms with Gasteiger partial charge in [0.1, 0.15) is 0 Å². The largest absolute Gasteiger partial charge is 0.374 e. The molecule has 0 radical (unpaired) electrons. The van der Waals surface area contributed by atoms with Crippen LogP contribution < -0.4 is 11.3 Å². The molecule has 1 aromatic carbocycles. The van der Waals surface area contributed by atoms with Gasteiger partial charge in [-0.15, -0.1) is 0 Å². The van der Waals surface area contributed by atoms with Gasteiger partial charge < -0.3 is 5.73 Å². The first-order chi connectivity index (χ1) is 10.5. The number of H-pyrrole nitrogens is 1. The number of aromatic nitrogens is 4. The summed E-state index contributed by atoms with van der Waals surface area (Å²) in [6.45, 7) is 3.67. The first kappa shape index (κ1) is 14.3. The molecule has 0 saturated heterocycles. The topological polar surface area (TPSA) is 81.6 Å². The van der Waals surface area contributed by atoms with E-state index >= 15 is 0 Å². The Morgan fingerprint density at radius 3 is 2.59 bits per heavy atom. The van der Waals surface area contributed by atoms with Crippen LogP contribution in [0.4, 0.5) is 0 Å². The smallest absolute Gasteiger partial charge is 0.280 e. The molecule has 0 unspecified atom stereocenters. The minimum absolute atomic E-state index is 0.106. The fourth-order valence-corrected chi connectivity index (χ4v) is 2.59. The van der Waals surface area contributed by atoms with E-state index in [1.807, 2.05) is 44.2 Å². The summed E-state index contributed by atoms with van der Waals surface area (Å²) in [4.78, 5) is 12.8. The van der Waals surface area contributed by atoms with E-state index in [2.05, 4.69) is 10.2 Å². The van der Waals surface area contributed by atoms with E-state index < -0.39 is 0 Å². The minimum Gasteiger partial charge on any atom is -0.374 e. The van der Waals surface area contributed by atoms with E-state index in [4.69, 9.17) is 18.0 Å².